The zero-order valence-electron chi connectivity index (χ0n) is 14.7. The maximum Gasteiger partial charge on any atom is 0.119 e. The quantitative estimate of drug-likeness (QED) is 0.751. The topological polar surface area (TPSA) is 21.3 Å². The first-order chi connectivity index (χ1) is 9.89. The number of rotatable bonds is 8. The molecule has 2 nitrogen and oxygen atoms in total. The first-order valence-electron chi connectivity index (χ1n) is 8.27. The van der Waals surface area contributed by atoms with Gasteiger partial charge < -0.3 is 10.1 Å². The van der Waals surface area contributed by atoms with E-state index in [0.29, 0.717) is 5.92 Å². The van der Waals surface area contributed by atoms with Crippen molar-refractivity contribution in [1.29, 1.82) is 0 Å². The van der Waals surface area contributed by atoms with Gasteiger partial charge in [-0.05, 0) is 63.3 Å². The van der Waals surface area contributed by atoms with Gasteiger partial charge in [0.15, 0.2) is 0 Å². The Kier molecular flexibility index (Phi) is 7.24. The molecule has 0 aliphatic heterocycles. The fraction of sp³-hybridized carbons (Fsp3) is 0.684. The van der Waals surface area contributed by atoms with Crippen LogP contribution in [0.4, 0.5) is 0 Å². The SMILES string of the molecule is CCC(CC)C(CNC(C)(C)C)Cc1cccc(OC)c1. The van der Waals surface area contributed by atoms with Gasteiger partial charge in [-0.1, -0.05) is 38.8 Å². The van der Waals surface area contributed by atoms with Gasteiger partial charge in [0.05, 0.1) is 7.11 Å². The molecule has 0 aliphatic carbocycles. The Bertz CT molecular complexity index is 404. The molecule has 0 saturated heterocycles. The Morgan fingerprint density at radius 1 is 1.10 bits per heavy atom. The highest BCUT2D eigenvalue weighted by molar-refractivity contribution is 5.28. The molecule has 0 heterocycles. The molecule has 0 radical (unpaired) electrons. The second-order valence-electron chi connectivity index (χ2n) is 7.02. The molecule has 0 amide bonds. The van der Waals surface area contributed by atoms with Crippen LogP contribution in [0.25, 0.3) is 0 Å². The van der Waals surface area contributed by atoms with E-state index in [1.165, 1.54) is 18.4 Å². The average molecular weight is 291 g/mol. The number of methoxy groups -OCH3 is 1. The maximum absolute atomic E-state index is 5.35. The van der Waals surface area contributed by atoms with Crippen LogP contribution in [0.15, 0.2) is 24.3 Å². The zero-order valence-corrected chi connectivity index (χ0v) is 14.7. The van der Waals surface area contributed by atoms with Crippen molar-refractivity contribution in [2.24, 2.45) is 11.8 Å². The van der Waals surface area contributed by atoms with Crippen LogP contribution < -0.4 is 10.1 Å². The van der Waals surface area contributed by atoms with Gasteiger partial charge in [-0.3, -0.25) is 0 Å². The molecule has 0 fully saturated rings. The predicted molar refractivity (Wildman–Crippen MR) is 92.0 cm³/mol. The third kappa shape index (κ3) is 6.52. The summed E-state index contributed by atoms with van der Waals surface area (Å²) in [6, 6.07) is 8.50. The molecule has 1 atom stereocenters. The lowest BCUT2D eigenvalue weighted by Gasteiger charge is -2.30. The molecule has 0 spiro atoms. The summed E-state index contributed by atoms with van der Waals surface area (Å²) in [7, 11) is 1.73. The molecule has 0 aromatic heterocycles. The third-order valence-corrected chi connectivity index (χ3v) is 4.24. The molecule has 0 aliphatic rings. The first kappa shape index (κ1) is 18.0. The van der Waals surface area contributed by atoms with Crippen LogP contribution in [-0.2, 0) is 6.42 Å². The van der Waals surface area contributed by atoms with Crippen LogP contribution in [0.2, 0.25) is 0 Å². The Balaban J connectivity index is 2.79. The van der Waals surface area contributed by atoms with E-state index in [1.807, 2.05) is 6.07 Å². The minimum Gasteiger partial charge on any atom is -0.497 e. The third-order valence-electron chi connectivity index (χ3n) is 4.24. The van der Waals surface area contributed by atoms with Crippen molar-refractivity contribution >= 4 is 0 Å². The van der Waals surface area contributed by atoms with E-state index < -0.39 is 0 Å². The molecular weight excluding hydrogens is 258 g/mol. The van der Waals surface area contributed by atoms with Crippen LogP contribution in [0.1, 0.15) is 53.0 Å². The summed E-state index contributed by atoms with van der Waals surface area (Å²) in [5.41, 5.74) is 1.56. The molecule has 1 unspecified atom stereocenters. The number of hydrogen-bond donors (Lipinski definition) is 1. The Morgan fingerprint density at radius 2 is 1.76 bits per heavy atom. The van der Waals surface area contributed by atoms with Crippen molar-refractivity contribution in [2.75, 3.05) is 13.7 Å². The lowest BCUT2D eigenvalue weighted by molar-refractivity contribution is 0.270. The van der Waals surface area contributed by atoms with E-state index in [0.717, 1.165) is 24.6 Å². The maximum atomic E-state index is 5.35. The highest BCUT2D eigenvalue weighted by atomic mass is 16.5. The summed E-state index contributed by atoms with van der Waals surface area (Å²) in [6.45, 7) is 12.4. The summed E-state index contributed by atoms with van der Waals surface area (Å²) >= 11 is 0. The second-order valence-corrected chi connectivity index (χ2v) is 7.02. The Morgan fingerprint density at radius 3 is 2.29 bits per heavy atom. The number of ether oxygens (including phenoxy) is 1. The molecule has 120 valence electrons. The highest BCUT2D eigenvalue weighted by Gasteiger charge is 2.21. The molecular formula is C19H33NO. The summed E-state index contributed by atoms with van der Waals surface area (Å²) in [6.07, 6.45) is 3.61. The smallest absolute Gasteiger partial charge is 0.119 e. The molecule has 2 heteroatoms. The van der Waals surface area contributed by atoms with Crippen LogP contribution in [0.5, 0.6) is 5.75 Å². The first-order valence-corrected chi connectivity index (χ1v) is 8.27. The molecule has 0 saturated carbocycles. The minimum atomic E-state index is 0.179. The van der Waals surface area contributed by atoms with Gasteiger partial charge in [-0.25, -0.2) is 0 Å². The van der Waals surface area contributed by atoms with Gasteiger partial charge in [-0.2, -0.15) is 0 Å². The van der Waals surface area contributed by atoms with Gasteiger partial charge in [0.25, 0.3) is 0 Å². The average Bonchev–Trinajstić information content (AvgIpc) is 2.45. The van der Waals surface area contributed by atoms with E-state index in [9.17, 15) is 0 Å². The fourth-order valence-electron chi connectivity index (χ4n) is 2.90. The molecule has 1 N–H and O–H groups in total. The summed E-state index contributed by atoms with van der Waals surface area (Å²) in [5.74, 6) is 2.40. The van der Waals surface area contributed by atoms with Gasteiger partial charge in [0.1, 0.15) is 5.75 Å². The molecule has 1 aromatic carbocycles. The lowest BCUT2D eigenvalue weighted by atomic mass is 9.83. The van der Waals surface area contributed by atoms with Gasteiger partial charge in [0.2, 0.25) is 0 Å². The van der Waals surface area contributed by atoms with E-state index in [-0.39, 0.29) is 5.54 Å². The van der Waals surface area contributed by atoms with Crippen LogP contribution >= 0.6 is 0 Å². The predicted octanol–water partition coefficient (Wildman–Crippen LogP) is 4.68. The molecule has 1 aromatic rings. The number of nitrogens with one attached hydrogen (secondary N) is 1. The largest absolute Gasteiger partial charge is 0.497 e. The molecule has 1 rings (SSSR count). The van der Waals surface area contributed by atoms with Crippen LogP contribution in [-0.4, -0.2) is 19.2 Å². The fourth-order valence-corrected chi connectivity index (χ4v) is 2.90. The van der Waals surface area contributed by atoms with Crippen molar-refractivity contribution in [3.63, 3.8) is 0 Å². The molecule has 21 heavy (non-hydrogen) atoms. The van der Waals surface area contributed by atoms with Gasteiger partial charge >= 0.3 is 0 Å². The standard InChI is InChI=1S/C19H33NO/c1-7-16(8-2)17(14-20-19(3,4)5)12-15-10-9-11-18(13-15)21-6/h9-11,13,16-17,20H,7-8,12,14H2,1-6H3. The number of hydrogen-bond acceptors (Lipinski definition) is 2. The van der Waals surface area contributed by atoms with E-state index in [4.69, 9.17) is 4.74 Å². The van der Waals surface area contributed by atoms with E-state index >= 15 is 0 Å². The summed E-state index contributed by atoms with van der Waals surface area (Å²) in [5, 5.41) is 3.69. The number of benzene rings is 1. The minimum absolute atomic E-state index is 0.179. The van der Waals surface area contributed by atoms with Gasteiger partial charge in [0, 0.05) is 5.54 Å². The Hall–Kier alpha value is -1.02. The lowest BCUT2D eigenvalue weighted by Crippen LogP contribution is -2.41. The summed E-state index contributed by atoms with van der Waals surface area (Å²) < 4.78 is 5.35. The van der Waals surface area contributed by atoms with Crippen LogP contribution in [0.3, 0.4) is 0 Å². The highest BCUT2D eigenvalue weighted by Crippen LogP contribution is 2.25. The zero-order chi connectivity index (χ0) is 15.9. The molecule has 0 bridgehead atoms. The van der Waals surface area contributed by atoms with E-state index in [1.54, 1.807) is 7.11 Å². The van der Waals surface area contributed by atoms with Gasteiger partial charge in [-0.15, -0.1) is 0 Å². The normalized spacial score (nSPS) is 13.5. The Labute approximate surface area is 131 Å². The van der Waals surface area contributed by atoms with Crippen molar-refractivity contribution in [3.05, 3.63) is 29.8 Å². The second kappa shape index (κ2) is 8.43. The van der Waals surface area contributed by atoms with Crippen LogP contribution in [0, 0.1) is 11.8 Å². The van der Waals surface area contributed by atoms with Crippen molar-refractivity contribution in [1.82, 2.24) is 5.32 Å². The monoisotopic (exact) mass is 291 g/mol. The van der Waals surface area contributed by atoms with Crippen molar-refractivity contribution < 1.29 is 4.74 Å². The van der Waals surface area contributed by atoms with Crippen molar-refractivity contribution in [3.8, 4) is 5.75 Å². The van der Waals surface area contributed by atoms with Crippen molar-refractivity contribution in [2.45, 2.75) is 59.4 Å². The van der Waals surface area contributed by atoms with E-state index in [2.05, 4.69) is 58.1 Å². The summed E-state index contributed by atoms with van der Waals surface area (Å²) in [4.78, 5) is 0.